The van der Waals surface area contributed by atoms with Crippen molar-refractivity contribution in [2.24, 2.45) is 5.73 Å². The van der Waals surface area contributed by atoms with Gasteiger partial charge in [-0.1, -0.05) is 24.3 Å². The highest BCUT2D eigenvalue weighted by Gasteiger charge is 2.46. The van der Waals surface area contributed by atoms with Gasteiger partial charge in [0.2, 0.25) is 5.88 Å². The smallest absolute Gasteiger partial charge is 0.416 e. The number of anilines is 1. The molecule has 30 heavy (non-hydrogen) atoms. The number of ether oxygens (including phenoxy) is 1. The van der Waals surface area contributed by atoms with Crippen molar-refractivity contribution in [2.75, 3.05) is 11.4 Å². The molecule has 0 spiro atoms. The Balaban J connectivity index is 1.99. The fourth-order valence-electron chi connectivity index (χ4n) is 3.59. The van der Waals surface area contributed by atoms with E-state index in [1.54, 1.807) is 24.3 Å². The van der Waals surface area contributed by atoms with Crippen molar-refractivity contribution in [2.45, 2.75) is 12.1 Å². The number of alkyl halides is 3. The number of nitrogens with two attached hydrogens (primary N) is 1. The van der Waals surface area contributed by atoms with Gasteiger partial charge in [0.25, 0.3) is 10.0 Å². The van der Waals surface area contributed by atoms with E-state index in [1.807, 2.05) is 6.07 Å². The van der Waals surface area contributed by atoms with Gasteiger partial charge < -0.3 is 10.5 Å². The number of nitrogens with zero attached hydrogens (tertiary/aromatic N) is 2. The number of allylic oxidation sites excluding steroid dienone is 2. The van der Waals surface area contributed by atoms with Gasteiger partial charge in [0.05, 0.1) is 17.2 Å². The molecule has 0 saturated heterocycles. The zero-order chi connectivity index (χ0) is 21.8. The van der Waals surface area contributed by atoms with Gasteiger partial charge in [-0.25, -0.2) is 8.42 Å². The molecule has 2 aromatic rings. The SMILES string of the molecule is CN1c2ccccc2C2=C(C(c3ccc(C(F)(F)F)cc3)C(C#N)=C(N)O2)S1(=O)=O. The first-order chi connectivity index (χ1) is 14.1. The lowest BCUT2D eigenvalue weighted by Crippen LogP contribution is -2.37. The molecule has 0 fully saturated rings. The Morgan fingerprint density at radius 1 is 1.13 bits per heavy atom. The van der Waals surface area contributed by atoms with Crippen LogP contribution in [0.5, 0.6) is 0 Å². The number of para-hydroxylation sites is 1. The molecule has 0 radical (unpaired) electrons. The minimum atomic E-state index is -4.55. The summed E-state index contributed by atoms with van der Waals surface area (Å²) in [5, 5.41) is 9.62. The third-order valence-corrected chi connectivity index (χ3v) is 6.96. The van der Waals surface area contributed by atoms with E-state index in [9.17, 15) is 26.9 Å². The van der Waals surface area contributed by atoms with Crippen molar-refractivity contribution in [3.05, 3.63) is 81.6 Å². The molecule has 154 valence electrons. The Labute approximate surface area is 170 Å². The number of halogens is 3. The molecule has 0 saturated carbocycles. The van der Waals surface area contributed by atoms with Crippen LogP contribution in [0.3, 0.4) is 0 Å². The average Bonchev–Trinajstić information content (AvgIpc) is 2.71. The maximum absolute atomic E-state index is 13.3. The highest BCUT2D eigenvalue weighted by Crippen LogP contribution is 2.50. The third-order valence-electron chi connectivity index (χ3n) is 5.07. The maximum Gasteiger partial charge on any atom is 0.416 e. The molecule has 0 amide bonds. The molecule has 4 rings (SSSR count). The summed E-state index contributed by atoms with van der Waals surface area (Å²) < 4.78 is 72.1. The van der Waals surface area contributed by atoms with Crippen LogP contribution in [0.1, 0.15) is 22.6 Å². The lowest BCUT2D eigenvalue weighted by atomic mass is 9.88. The van der Waals surface area contributed by atoms with Crippen LogP contribution in [0.15, 0.2) is 64.9 Å². The van der Waals surface area contributed by atoms with Gasteiger partial charge in [-0.15, -0.1) is 0 Å². The number of benzene rings is 2. The van der Waals surface area contributed by atoms with Gasteiger partial charge in [0.15, 0.2) is 5.76 Å². The van der Waals surface area contributed by atoms with Gasteiger partial charge in [0.1, 0.15) is 16.5 Å². The van der Waals surface area contributed by atoms with Crippen LogP contribution >= 0.6 is 0 Å². The standard InChI is InChI=1S/C20H14F3N3O3S/c1-26-15-5-3-2-4-13(15)17-18(30(26,27)28)16(14(10-24)19(25)29-17)11-6-8-12(9-7-11)20(21,22)23/h2-9,16H,25H2,1H3. The van der Waals surface area contributed by atoms with Crippen molar-refractivity contribution < 1.29 is 26.3 Å². The second-order valence-electron chi connectivity index (χ2n) is 6.73. The normalized spacial score (nSPS) is 20.2. The van der Waals surface area contributed by atoms with E-state index in [4.69, 9.17) is 10.5 Å². The highest BCUT2D eigenvalue weighted by atomic mass is 32.2. The first-order valence-corrected chi connectivity index (χ1v) is 10.1. The average molecular weight is 433 g/mol. The molecule has 1 atom stereocenters. The highest BCUT2D eigenvalue weighted by molar-refractivity contribution is 7.96. The molecule has 2 aliphatic heterocycles. The first-order valence-electron chi connectivity index (χ1n) is 8.64. The van der Waals surface area contributed by atoms with Gasteiger partial charge in [-0.05, 0) is 29.8 Å². The fraction of sp³-hybridized carbons (Fsp3) is 0.150. The summed E-state index contributed by atoms with van der Waals surface area (Å²) >= 11 is 0. The van der Waals surface area contributed by atoms with Gasteiger partial charge in [-0.3, -0.25) is 4.31 Å². The molecular formula is C20H14F3N3O3S. The maximum atomic E-state index is 13.3. The number of sulfonamides is 1. The quantitative estimate of drug-likeness (QED) is 0.740. The lowest BCUT2D eigenvalue weighted by molar-refractivity contribution is -0.137. The lowest BCUT2D eigenvalue weighted by Gasteiger charge is -2.36. The summed E-state index contributed by atoms with van der Waals surface area (Å²) in [5.74, 6) is -1.54. The molecular weight excluding hydrogens is 419 g/mol. The minimum absolute atomic E-state index is 0.0369. The van der Waals surface area contributed by atoms with E-state index in [0.717, 1.165) is 28.6 Å². The zero-order valence-electron chi connectivity index (χ0n) is 15.4. The monoisotopic (exact) mass is 433 g/mol. The summed E-state index contributed by atoms with van der Waals surface area (Å²) in [6.45, 7) is 0. The van der Waals surface area contributed by atoms with E-state index < -0.39 is 27.7 Å². The van der Waals surface area contributed by atoms with Crippen molar-refractivity contribution in [3.63, 3.8) is 0 Å². The van der Waals surface area contributed by atoms with Crippen molar-refractivity contribution >= 4 is 21.5 Å². The van der Waals surface area contributed by atoms with Crippen LogP contribution in [0.2, 0.25) is 0 Å². The van der Waals surface area contributed by atoms with E-state index in [1.165, 1.54) is 7.05 Å². The van der Waals surface area contributed by atoms with E-state index in [2.05, 4.69) is 0 Å². The summed E-state index contributed by atoms with van der Waals surface area (Å²) in [6.07, 6.45) is -4.55. The Kier molecular flexibility index (Phi) is 4.32. The van der Waals surface area contributed by atoms with E-state index in [-0.39, 0.29) is 27.7 Å². The van der Waals surface area contributed by atoms with Crippen molar-refractivity contribution in [3.8, 4) is 6.07 Å². The molecule has 0 aliphatic carbocycles. The van der Waals surface area contributed by atoms with Crippen LogP contribution in [-0.2, 0) is 20.9 Å². The fourth-order valence-corrected chi connectivity index (χ4v) is 5.24. The largest absolute Gasteiger partial charge is 0.439 e. The van der Waals surface area contributed by atoms with Gasteiger partial charge in [0, 0.05) is 12.6 Å². The predicted octanol–water partition coefficient (Wildman–Crippen LogP) is 3.66. The summed E-state index contributed by atoms with van der Waals surface area (Å²) in [5.41, 5.74) is 5.81. The topological polar surface area (TPSA) is 96.4 Å². The molecule has 2 heterocycles. The minimum Gasteiger partial charge on any atom is -0.439 e. The van der Waals surface area contributed by atoms with Crippen molar-refractivity contribution in [1.29, 1.82) is 5.26 Å². The van der Waals surface area contributed by atoms with Gasteiger partial charge >= 0.3 is 6.18 Å². The van der Waals surface area contributed by atoms with E-state index in [0.29, 0.717) is 11.3 Å². The van der Waals surface area contributed by atoms with Crippen molar-refractivity contribution in [1.82, 2.24) is 0 Å². The number of nitriles is 1. The molecule has 2 N–H and O–H groups in total. The third kappa shape index (κ3) is 2.81. The summed E-state index contributed by atoms with van der Waals surface area (Å²) in [4.78, 5) is -0.241. The predicted molar refractivity (Wildman–Crippen MR) is 103 cm³/mol. The number of hydrogen-bond donors (Lipinski definition) is 1. The molecule has 0 bridgehead atoms. The Morgan fingerprint density at radius 2 is 1.77 bits per heavy atom. The zero-order valence-corrected chi connectivity index (χ0v) is 16.3. The van der Waals surface area contributed by atoms with Crippen LogP contribution < -0.4 is 10.0 Å². The summed E-state index contributed by atoms with van der Waals surface area (Å²) in [6, 6.07) is 12.4. The van der Waals surface area contributed by atoms with Gasteiger partial charge in [-0.2, -0.15) is 18.4 Å². The Bertz CT molecular complexity index is 1260. The number of fused-ring (bicyclic) bond motifs is 2. The Morgan fingerprint density at radius 3 is 2.37 bits per heavy atom. The molecule has 2 aromatic carbocycles. The van der Waals surface area contributed by atoms with Crippen LogP contribution in [0.4, 0.5) is 18.9 Å². The molecule has 6 nitrogen and oxygen atoms in total. The van der Waals surface area contributed by atoms with Crippen LogP contribution in [0.25, 0.3) is 5.76 Å². The molecule has 2 aliphatic rings. The summed E-state index contributed by atoms with van der Waals surface area (Å²) in [7, 11) is -2.80. The van der Waals surface area contributed by atoms with Crippen LogP contribution in [-0.4, -0.2) is 15.5 Å². The molecule has 1 unspecified atom stereocenters. The second kappa shape index (κ2) is 6.53. The Hall–Kier alpha value is -3.45. The van der Waals surface area contributed by atoms with Crippen LogP contribution in [0, 0.1) is 11.3 Å². The second-order valence-corrected chi connectivity index (χ2v) is 8.67. The number of hydrogen-bond acceptors (Lipinski definition) is 5. The number of rotatable bonds is 1. The molecule has 10 heteroatoms. The first kappa shape index (κ1) is 19.8. The molecule has 0 aromatic heterocycles. The van der Waals surface area contributed by atoms with E-state index >= 15 is 0 Å².